The summed E-state index contributed by atoms with van der Waals surface area (Å²) >= 11 is 3.12. The predicted molar refractivity (Wildman–Crippen MR) is 53.7 cm³/mol. The first-order valence-corrected chi connectivity index (χ1v) is 4.74. The maximum atomic E-state index is 13.3. The zero-order valence-electron chi connectivity index (χ0n) is 7.42. The van der Waals surface area contributed by atoms with Crippen LogP contribution in [-0.4, -0.2) is 11.2 Å². The summed E-state index contributed by atoms with van der Waals surface area (Å²) in [6.07, 6.45) is -1.17. The number of halogens is 2. The van der Waals surface area contributed by atoms with E-state index in [0.29, 0.717) is 10.0 Å². The van der Waals surface area contributed by atoms with Crippen LogP contribution in [0.15, 0.2) is 22.7 Å². The van der Waals surface area contributed by atoms with Crippen LogP contribution in [0.1, 0.15) is 18.5 Å². The molecule has 0 aliphatic heterocycles. The van der Waals surface area contributed by atoms with Crippen LogP contribution in [0.5, 0.6) is 0 Å². The molecule has 1 atom stereocenters. The maximum absolute atomic E-state index is 13.3. The van der Waals surface area contributed by atoms with Gasteiger partial charge in [0.15, 0.2) is 0 Å². The average Bonchev–Trinajstić information content (AvgIpc) is 2.01. The zero-order valence-corrected chi connectivity index (χ0v) is 9.01. The molecule has 0 saturated heterocycles. The predicted octanol–water partition coefficient (Wildman–Crippen LogP) is 2.92. The molecule has 0 aliphatic carbocycles. The van der Waals surface area contributed by atoms with Gasteiger partial charge in [-0.15, -0.1) is 0 Å². The first-order valence-electron chi connectivity index (χ1n) is 3.95. The molecule has 2 N–H and O–H groups in total. The molecule has 1 aromatic carbocycles. The number of carboxylic acid groups (broad SMARTS) is 1. The molecule has 0 fully saturated rings. The summed E-state index contributed by atoms with van der Waals surface area (Å²) in [6.45, 7) is 1.58. The van der Waals surface area contributed by atoms with Crippen molar-refractivity contribution in [3.63, 3.8) is 0 Å². The molecule has 0 heterocycles. The summed E-state index contributed by atoms with van der Waals surface area (Å²) in [6, 6.07) is 3.95. The van der Waals surface area contributed by atoms with Gasteiger partial charge in [-0.05, 0) is 19.1 Å². The van der Waals surface area contributed by atoms with Crippen molar-refractivity contribution >= 4 is 22.0 Å². The van der Waals surface area contributed by atoms with E-state index in [1.807, 2.05) is 0 Å². The second-order valence-corrected chi connectivity index (χ2v) is 3.75. The van der Waals surface area contributed by atoms with Crippen molar-refractivity contribution in [2.24, 2.45) is 0 Å². The van der Waals surface area contributed by atoms with Gasteiger partial charge < -0.3 is 10.4 Å². The van der Waals surface area contributed by atoms with Gasteiger partial charge in [-0.1, -0.05) is 22.0 Å². The van der Waals surface area contributed by atoms with Crippen LogP contribution in [0.25, 0.3) is 0 Å². The Morgan fingerprint density at radius 3 is 2.79 bits per heavy atom. The van der Waals surface area contributed by atoms with Gasteiger partial charge in [0.05, 0.1) is 6.04 Å². The maximum Gasteiger partial charge on any atom is 0.405 e. The Morgan fingerprint density at radius 2 is 2.29 bits per heavy atom. The van der Waals surface area contributed by atoms with E-state index in [9.17, 15) is 9.18 Å². The standard InChI is InChI=1S/C9H9BrFNO2/c1-5(12-9(13)14)7-3-2-6(10)4-8(7)11/h2-5,12H,1H3,(H,13,14). The molecule has 14 heavy (non-hydrogen) atoms. The Labute approximate surface area is 89.1 Å². The summed E-state index contributed by atoms with van der Waals surface area (Å²) < 4.78 is 13.9. The molecule has 1 rings (SSSR count). The van der Waals surface area contributed by atoms with Crippen molar-refractivity contribution in [3.8, 4) is 0 Å². The highest BCUT2D eigenvalue weighted by Gasteiger charge is 2.12. The quantitative estimate of drug-likeness (QED) is 0.860. The van der Waals surface area contributed by atoms with Crippen LogP contribution in [0.4, 0.5) is 9.18 Å². The first kappa shape index (κ1) is 11.0. The minimum atomic E-state index is -1.17. The summed E-state index contributed by atoms with van der Waals surface area (Å²) in [4.78, 5) is 10.3. The lowest BCUT2D eigenvalue weighted by atomic mass is 10.1. The minimum Gasteiger partial charge on any atom is -0.465 e. The normalized spacial score (nSPS) is 12.2. The van der Waals surface area contributed by atoms with Crippen molar-refractivity contribution in [1.29, 1.82) is 0 Å². The van der Waals surface area contributed by atoms with E-state index in [2.05, 4.69) is 21.2 Å². The zero-order chi connectivity index (χ0) is 10.7. The topological polar surface area (TPSA) is 49.3 Å². The molecule has 0 aliphatic rings. The highest BCUT2D eigenvalue weighted by Crippen LogP contribution is 2.20. The van der Waals surface area contributed by atoms with Gasteiger partial charge in [-0.2, -0.15) is 0 Å². The third kappa shape index (κ3) is 2.70. The fourth-order valence-corrected chi connectivity index (χ4v) is 1.45. The van der Waals surface area contributed by atoms with Crippen LogP contribution < -0.4 is 5.32 Å². The van der Waals surface area contributed by atoms with E-state index in [0.717, 1.165) is 0 Å². The van der Waals surface area contributed by atoms with Crippen LogP contribution in [0.3, 0.4) is 0 Å². The van der Waals surface area contributed by atoms with E-state index in [4.69, 9.17) is 5.11 Å². The summed E-state index contributed by atoms with van der Waals surface area (Å²) in [5, 5.41) is 10.6. The Balaban J connectivity index is 2.90. The Morgan fingerprint density at radius 1 is 1.64 bits per heavy atom. The van der Waals surface area contributed by atoms with Crippen molar-refractivity contribution in [2.45, 2.75) is 13.0 Å². The molecule has 3 nitrogen and oxygen atoms in total. The second kappa shape index (κ2) is 4.41. The van der Waals surface area contributed by atoms with Crippen LogP contribution >= 0.6 is 15.9 Å². The summed E-state index contributed by atoms with van der Waals surface area (Å²) in [7, 11) is 0. The SMILES string of the molecule is CC(NC(=O)O)c1ccc(Br)cc1F. The van der Waals surface area contributed by atoms with Crippen molar-refractivity contribution in [2.75, 3.05) is 0 Å². The first-order chi connectivity index (χ1) is 6.50. The molecule has 0 bridgehead atoms. The minimum absolute atomic E-state index is 0.329. The number of hydrogen-bond acceptors (Lipinski definition) is 1. The molecule has 1 amide bonds. The van der Waals surface area contributed by atoms with Crippen LogP contribution in [0, 0.1) is 5.82 Å². The van der Waals surface area contributed by atoms with E-state index in [-0.39, 0.29) is 0 Å². The number of carbonyl (C=O) groups is 1. The fourth-order valence-electron chi connectivity index (χ4n) is 1.12. The molecule has 0 spiro atoms. The van der Waals surface area contributed by atoms with Gasteiger partial charge in [-0.3, -0.25) is 0 Å². The van der Waals surface area contributed by atoms with Crippen molar-refractivity contribution < 1.29 is 14.3 Å². The van der Waals surface area contributed by atoms with Crippen molar-refractivity contribution in [1.82, 2.24) is 5.32 Å². The third-order valence-corrected chi connectivity index (χ3v) is 2.26. The molecule has 0 aromatic heterocycles. The number of amides is 1. The van der Waals surface area contributed by atoms with Gasteiger partial charge in [0.1, 0.15) is 5.82 Å². The summed E-state index contributed by atoms with van der Waals surface area (Å²) in [5.74, 6) is -0.430. The van der Waals surface area contributed by atoms with Gasteiger partial charge >= 0.3 is 6.09 Å². The van der Waals surface area contributed by atoms with E-state index in [1.165, 1.54) is 6.07 Å². The smallest absolute Gasteiger partial charge is 0.405 e. The lowest BCUT2D eigenvalue weighted by Crippen LogP contribution is -2.25. The average molecular weight is 262 g/mol. The Bertz CT molecular complexity index is 357. The monoisotopic (exact) mass is 261 g/mol. The van der Waals surface area contributed by atoms with Gasteiger partial charge in [0, 0.05) is 10.0 Å². The van der Waals surface area contributed by atoms with E-state index >= 15 is 0 Å². The van der Waals surface area contributed by atoms with Crippen LogP contribution in [0.2, 0.25) is 0 Å². The number of benzene rings is 1. The number of nitrogens with one attached hydrogen (secondary N) is 1. The lowest BCUT2D eigenvalue weighted by Gasteiger charge is -2.12. The number of rotatable bonds is 2. The molecule has 0 radical (unpaired) electrons. The molecule has 5 heteroatoms. The molecule has 1 aromatic rings. The van der Waals surface area contributed by atoms with Gasteiger partial charge in [0.25, 0.3) is 0 Å². The fraction of sp³-hybridized carbons (Fsp3) is 0.222. The van der Waals surface area contributed by atoms with Gasteiger partial charge in [-0.25, -0.2) is 9.18 Å². The molecular weight excluding hydrogens is 253 g/mol. The Kier molecular flexibility index (Phi) is 3.46. The number of hydrogen-bond donors (Lipinski definition) is 2. The highest BCUT2D eigenvalue weighted by atomic mass is 79.9. The summed E-state index contributed by atoms with van der Waals surface area (Å²) in [5.41, 5.74) is 0.329. The van der Waals surface area contributed by atoms with Crippen LogP contribution in [-0.2, 0) is 0 Å². The largest absolute Gasteiger partial charge is 0.465 e. The van der Waals surface area contributed by atoms with Crippen molar-refractivity contribution in [3.05, 3.63) is 34.1 Å². The molecule has 1 unspecified atom stereocenters. The molecular formula is C9H9BrFNO2. The molecule has 76 valence electrons. The highest BCUT2D eigenvalue weighted by molar-refractivity contribution is 9.10. The molecule has 0 saturated carbocycles. The second-order valence-electron chi connectivity index (χ2n) is 2.84. The Hall–Kier alpha value is -1.10. The van der Waals surface area contributed by atoms with Gasteiger partial charge in [0.2, 0.25) is 0 Å². The van der Waals surface area contributed by atoms with E-state index < -0.39 is 18.0 Å². The lowest BCUT2D eigenvalue weighted by molar-refractivity contribution is 0.190. The third-order valence-electron chi connectivity index (χ3n) is 1.77. The van der Waals surface area contributed by atoms with E-state index in [1.54, 1.807) is 19.1 Å².